The second-order valence-corrected chi connectivity index (χ2v) is 10.00. The maximum atomic E-state index is 12.4. The molecule has 0 aliphatic heterocycles. The molecule has 156 valence electrons. The van der Waals surface area contributed by atoms with Crippen LogP contribution in [0.15, 0.2) is 58.2 Å². The van der Waals surface area contributed by atoms with Crippen molar-refractivity contribution in [1.82, 2.24) is 19.7 Å². The summed E-state index contributed by atoms with van der Waals surface area (Å²) in [5.74, 6) is 0.496. The Morgan fingerprint density at radius 3 is 2.87 bits per heavy atom. The van der Waals surface area contributed by atoms with Crippen molar-refractivity contribution in [3.05, 3.63) is 53.1 Å². The Kier molecular flexibility index (Phi) is 5.34. The van der Waals surface area contributed by atoms with E-state index in [-0.39, 0.29) is 12.5 Å². The smallest absolute Gasteiger partial charge is 0.262 e. The van der Waals surface area contributed by atoms with Crippen LogP contribution in [-0.2, 0) is 11.8 Å². The number of anilines is 1. The molecule has 5 aromatic rings. The number of hydrogen-bond donors (Lipinski definition) is 1. The number of thiazole rings is 1. The molecule has 0 bridgehead atoms. The Morgan fingerprint density at radius 2 is 2.10 bits per heavy atom. The second kappa shape index (κ2) is 8.29. The van der Waals surface area contributed by atoms with Crippen LogP contribution < -0.4 is 10.1 Å². The molecule has 0 saturated carbocycles. The standard InChI is InChI=1S/C21H17N5O2S3/c1-12-23-19-17(30-12)9-16(15-7-8-29-20(15)19)28-10-18(27)24-13-3-5-14(6-4-13)31-21-25-22-11-26(21)2/h3-9,11H,10H2,1-2H3,(H,24,27). The molecule has 0 saturated heterocycles. The number of fused-ring (bicyclic) bond motifs is 3. The van der Waals surface area contributed by atoms with E-state index in [1.165, 1.54) is 11.8 Å². The van der Waals surface area contributed by atoms with E-state index in [9.17, 15) is 4.79 Å². The van der Waals surface area contributed by atoms with Crippen molar-refractivity contribution in [3.63, 3.8) is 0 Å². The molecule has 7 nitrogen and oxygen atoms in total. The van der Waals surface area contributed by atoms with Crippen LogP contribution in [0.3, 0.4) is 0 Å². The van der Waals surface area contributed by atoms with Gasteiger partial charge < -0.3 is 14.6 Å². The zero-order valence-electron chi connectivity index (χ0n) is 16.7. The van der Waals surface area contributed by atoms with Gasteiger partial charge in [-0.1, -0.05) is 0 Å². The second-order valence-electron chi connectivity index (χ2n) is 6.81. The van der Waals surface area contributed by atoms with Crippen molar-refractivity contribution in [3.8, 4) is 5.75 Å². The van der Waals surface area contributed by atoms with Gasteiger partial charge in [-0.15, -0.1) is 32.9 Å². The largest absolute Gasteiger partial charge is 0.483 e. The van der Waals surface area contributed by atoms with Gasteiger partial charge in [0.15, 0.2) is 11.8 Å². The van der Waals surface area contributed by atoms with Gasteiger partial charge >= 0.3 is 0 Å². The van der Waals surface area contributed by atoms with E-state index in [1.54, 1.807) is 29.0 Å². The van der Waals surface area contributed by atoms with Gasteiger partial charge in [-0.25, -0.2) is 4.98 Å². The zero-order chi connectivity index (χ0) is 21.4. The zero-order valence-corrected chi connectivity index (χ0v) is 19.1. The predicted molar refractivity (Wildman–Crippen MR) is 125 cm³/mol. The molecule has 0 spiro atoms. The number of benzene rings is 2. The van der Waals surface area contributed by atoms with Crippen molar-refractivity contribution in [2.45, 2.75) is 17.0 Å². The Labute approximate surface area is 190 Å². The molecule has 5 rings (SSSR count). The highest BCUT2D eigenvalue weighted by Gasteiger charge is 2.14. The van der Waals surface area contributed by atoms with Crippen LogP contribution in [0, 0.1) is 6.92 Å². The van der Waals surface area contributed by atoms with Crippen molar-refractivity contribution in [2.24, 2.45) is 7.05 Å². The first-order valence-corrected chi connectivity index (χ1v) is 11.9. The highest BCUT2D eigenvalue weighted by Crippen LogP contribution is 2.38. The molecule has 10 heteroatoms. The van der Waals surface area contributed by atoms with Gasteiger partial charge in [-0.2, -0.15) is 0 Å². The molecule has 1 amide bonds. The van der Waals surface area contributed by atoms with Crippen LogP contribution in [0.5, 0.6) is 5.75 Å². The predicted octanol–water partition coefficient (Wildman–Crippen LogP) is 5.12. The molecule has 0 unspecified atom stereocenters. The van der Waals surface area contributed by atoms with Crippen molar-refractivity contribution in [1.29, 1.82) is 0 Å². The fraction of sp³-hybridized carbons (Fsp3) is 0.143. The van der Waals surface area contributed by atoms with E-state index < -0.39 is 0 Å². The molecule has 0 radical (unpaired) electrons. The molecule has 0 aliphatic rings. The van der Waals surface area contributed by atoms with Crippen molar-refractivity contribution < 1.29 is 9.53 Å². The summed E-state index contributed by atoms with van der Waals surface area (Å²) >= 11 is 4.77. The van der Waals surface area contributed by atoms with Gasteiger partial charge in [0.2, 0.25) is 0 Å². The maximum Gasteiger partial charge on any atom is 0.262 e. The Balaban J connectivity index is 1.25. The van der Waals surface area contributed by atoms with Gasteiger partial charge in [-0.05, 0) is 54.4 Å². The molecule has 0 fully saturated rings. The number of rotatable bonds is 6. The minimum Gasteiger partial charge on any atom is -0.483 e. The van der Waals surface area contributed by atoms with E-state index in [4.69, 9.17) is 4.74 Å². The third-order valence-electron chi connectivity index (χ3n) is 4.54. The molecule has 2 aromatic carbocycles. The highest BCUT2D eigenvalue weighted by atomic mass is 32.2. The molecule has 0 atom stereocenters. The SMILES string of the molecule is Cc1nc2c(cc(OCC(=O)Nc3ccc(Sc4nncn4C)cc3)c3ccsc32)s1. The normalized spacial score (nSPS) is 11.3. The number of nitrogens with zero attached hydrogens (tertiary/aromatic N) is 4. The molecular formula is C21H17N5O2S3. The Morgan fingerprint density at radius 1 is 1.26 bits per heavy atom. The number of thiophene rings is 1. The molecule has 3 heterocycles. The number of hydrogen-bond acceptors (Lipinski definition) is 8. The van der Waals surface area contributed by atoms with E-state index in [1.807, 2.05) is 60.3 Å². The molecule has 3 aromatic heterocycles. The third-order valence-corrected chi connectivity index (χ3v) is 7.44. The van der Waals surface area contributed by atoms with E-state index >= 15 is 0 Å². The Hall–Kier alpha value is -2.95. The summed E-state index contributed by atoms with van der Waals surface area (Å²) in [6.45, 7) is 1.93. The summed E-state index contributed by atoms with van der Waals surface area (Å²) in [6.07, 6.45) is 1.66. The summed E-state index contributed by atoms with van der Waals surface area (Å²) in [6, 6.07) is 11.6. The first kappa shape index (κ1) is 20.0. The maximum absolute atomic E-state index is 12.4. The number of amides is 1. The summed E-state index contributed by atoms with van der Waals surface area (Å²) < 4.78 is 9.90. The molecule has 1 N–H and O–H groups in total. The van der Waals surface area contributed by atoms with Crippen LogP contribution in [0.25, 0.3) is 20.3 Å². The molecule has 0 aliphatic carbocycles. The van der Waals surface area contributed by atoms with E-state index in [0.29, 0.717) is 11.4 Å². The first-order chi connectivity index (χ1) is 15.1. The number of carbonyl (C=O) groups excluding carboxylic acids is 1. The number of aromatic nitrogens is 4. The minimum atomic E-state index is -0.210. The lowest BCUT2D eigenvalue weighted by Crippen LogP contribution is -2.20. The summed E-state index contributed by atoms with van der Waals surface area (Å²) in [5, 5.41) is 15.6. The van der Waals surface area contributed by atoms with Gasteiger partial charge in [0, 0.05) is 29.1 Å². The molecule has 31 heavy (non-hydrogen) atoms. The average Bonchev–Trinajstić information content (AvgIpc) is 3.47. The van der Waals surface area contributed by atoms with Gasteiger partial charge in [0.1, 0.15) is 12.1 Å². The Bertz CT molecular complexity index is 1390. The lowest BCUT2D eigenvalue weighted by Gasteiger charge is -2.09. The number of aryl methyl sites for hydroxylation is 2. The van der Waals surface area contributed by atoms with Crippen molar-refractivity contribution >= 4 is 66.3 Å². The van der Waals surface area contributed by atoms with E-state index in [0.717, 1.165) is 35.4 Å². The third kappa shape index (κ3) is 4.14. The van der Waals surface area contributed by atoms with Gasteiger partial charge in [-0.3, -0.25) is 4.79 Å². The van der Waals surface area contributed by atoms with Crippen LogP contribution in [0.2, 0.25) is 0 Å². The number of ether oxygens (including phenoxy) is 1. The van der Waals surface area contributed by atoms with Gasteiger partial charge in [0.25, 0.3) is 5.91 Å². The minimum absolute atomic E-state index is 0.0658. The van der Waals surface area contributed by atoms with Gasteiger partial charge in [0.05, 0.1) is 19.9 Å². The number of nitrogens with one attached hydrogen (secondary N) is 1. The number of carbonyl (C=O) groups is 1. The average molecular weight is 468 g/mol. The topological polar surface area (TPSA) is 81.9 Å². The van der Waals surface area contributed by atoms with Crippen LogP contribution >= 0.6 is 34.4 Å². The lowest BCUT2D eigenvalue weighted by molar-refractivity contribution is -0.118. The van der Waals surface area contributed by atoms with Crippen LogP contribution in [0.4, 0.5) is 5.69 Å². The summed E-state index contributed by atoms with van der Waals surface area (Å²) in [5.41, 5.74) is 1.72. The lowest BCUT2D eigenvalue weighted by atomic mass is 10.2. The highest BCUT2D eigenvalue weighted by molar-refractivity contribution is 7.99. The van der Waals surface area contributed by atoms with Crippen LogP contribution in [-0.4, -0.2) is 32.3 Å². The monoisotopic (exact) mass is 467 g/mol. The van der Waals surface area contributed by atoms with Crippen LogP contribution in [0.1, 0.15) is 5.01 Å². The fourth-order valence-corrected chi connectivity index (χ4v) is 5.72. The fourth-order valence-electron chi connectivity index (χ4n) is 3.12. The van der Waals surface area contributed by atoms with Crippen molar-refractivity contribution in [2.75, 3.05) is 11.9 Å². The molecular weight excluding hydrogens is 450 g/mol. The quantitative estimate of drug-likeness (QED) is 0.373. The van der Waals surface area contributed by atoms with E-state index in [2.05, 4.69) is 20.5 Å². The summed E-state index contributed by atoms with van der Waals surface area (Å²) in [7, 11) is 1.90. The first-order valence-electron chi connectivity index (χ1n) is 9.39. The summed E-state index contributed by atoms with van der Waals surface area (Å²) in [4.78, 5) is 18.1.